The molecular formula is C27H26INO10. The van der Waals surface area contributed by atoms with Gasteiger partial charge in [-0.25, -0.2) is 9.59 Å². The SMILES string of the molecule is COc1ccc(C(=O)Nc2cc3ccc(O[C@@H]4OC(C)(C)C(OC)C5OC(=O)OC54)c(C)c3oc2=O)cc1I. The van der Waals surface area contributed by atoms with Gasteiger partial charge in [-0.2, -0.15) is 0 Å². The van der Waals surface area contributed by atoms with E-state index in [0.717, 1.165) is 3.57 Å². The number of nitrogens with one attached hydrogen (secondary N) is 1. The molecule has 39 heavy (non-hydrogen) atoms. The number of hydrogen-bond acceptors (Lipinski definition) is 10. The van der Waals surface area contributed by atoms with Crippen molar-refractivity contribution in [2.75, 3.05) is 19.5 Å². The first-order chi connectivity index (χ1) is 18.5. The Bertz CT molecular complexity index is 1520. The van der Waals surface area contributed by atoms with Crippen molar-refractivity contribution in [2.24, 2.45) is 0 Å². The smallest absolute Gasteiger partial charge is 0.496 e. The van der Waals surface area contributed by atoms with Gasteiger partial charge in [0.2, 0.25) is 12.4 Å². The Kier molecular flexibility index (Phi) is 7.20. The highest BCUT2D eigenvalue weighted by Gasteiger charge is 2.59. The number of benzene rings is 2. The van der Waals surface area contributed by atoms with E-state index < -0.39 is 47.9 Å². The van der Waals surface area contributed by atoms with E-state index in [1.165, 1.54) is 13.2 Å². The van der Waals surface area contributed by atoms with Crippen molar-refractivity contribution in [1.29, 1.82) is 0 Å². The van der Waals surface area contributed by atoms with Crippen LogP contribution in [0.15, 0.2) is 45.6 Å². The zero-order chi connectivity index (χ0) is 28.1. The monoisotopic (exact) mass is 651 g/mol. The summed E-state index contributed by atoms with van der Waals surface area (Å²) < 4.78 is 40.0. The van der Waals surface area contributed by atoms with Crippen LogP contribution in [0.4, 0.5) is 10.5 Å². The molecule has 0 spiro atoms. The maximum atomic E-state index is 12.8. The number of carbonyl (C=O) groups excluding carboxylic acids is 2. The minimum Gasteiger partial charge on any atom is -0.496 e. The summed E-state index contributed by atoms with van der Waals surface area (Å²) in [4.78, 5) is 37.5. The quantitative estimate of drug-likeness (QED) is 0.233. The van der Waals surface area contributed by atoms with Gasteiger partial charge < -0.3 is 38.2 Å². The third-order valence-electron chi connectivity index (χ3n) is 6.72. The number of rotatable bonds is 6. The van der Waals surface area contributed by atoms with Gasteiger partial charge >= 0.3 is 11.8 Å². The first-order valence-electron chi connectivity index (χ1n) is 12.0. The fraction of sp³-hybridized carbons (Fsp3) is 0.370. The molecule has 4 atom stereocenters. The second kappa shape index (κ2) is 10.3. The highest BCUT2D eigenvalue weighted by Crippen LogP contribution is 2.39. The summed E-state index contributed by atoms with van der Waals surface area (Å²) in [6.45, 7) is 5.32. The average Bonchev–Trinajstić information content (AvgIpc) is 3.27. The minimum absolute atomic E-state index is 0.00720. The second-order valence-electron chi connectivity index (χ2n) is 9.64. The van der Waals surface area contributed by atoms with Crippen molar-refractivity contribution < 1.29 is 42.4 Å². The summed E-state index contributed by atoms with van der Waals surface area (Å²) >= 11 is 2.06. The Balaban J connectivity index is 1.40. The third kappa shape index (κ3) is 5.03. The van der Waals surface area contributed by atoms with E-state index in [4.69, 9.17) is 32.8 Å². The highest BCUT2D eigenvalue weighted by atomic mass is 127. The summed E-state index contributed by atoms with van der Waals surface area (Å²) in [7, 11) is 3.05. The van der Waals surface area contributed by atoms with Crippen LogP contribution in [0.1, 0.15) is 29.8 Å². The van der Waals surface area contributed by atoms with Crippen LogP contribution in [0, 0.1) is 10.5 Å². The number of anilines is 1. The second-order valence-corrected chi connectivity index (χ2v) is 10.8. The van der Waals surface area contributed by atoms with Crippen molar-refractivity contribution in [1.82, 2.24) is 0 Å². The molecule has 2 fully saturated rings. The van der Waals surface area contributed by atoms with Crippen molar-refractivity contribution in [3.63, 3.8) is 0 Å². The fourth-order valence-corrected chi connectivity index (χ4v) is 5.55. The maximum absolute atomic E-state index is 12.8. The van der Waals surface area contributed by atoms with E-state index in [-0.39, 0.29) is 11.3 Å². The van der Waals surface area contributed by atoms with Gasteiger partial charge in [-0.15, -0.1) is 0 Å². The van der Waals surface area contributed by atoms with Crippen LogP contribution in [0.3, 0.4) is 0 Å². The molecule has 1 N–H and O–H groups in total. The van der Waals surface area contributed by atoms with Gasteiger partial charge in [-0.3, -0.25) is 4.79 Å². The number of amides is 1. The molecule has 3 unspecified atom stereocenters. The van der Waals surface area contributed by atoms with Crippen molar-refractivity contribution in [3.05, 3.63) is 61.5 Å². The number of fused-ring (bicyclic) bond motifs is 2. The third-order valence-corrected chi connectivity index (χ3v) is 7.56. The van der Waals surface area contributed by atoms with Crippen molar-refractivity contribution in [3.8, 4) is 11.5 Å². The Morgan fingerprint density at radius 3 is 2.44 bits per heavy atom. The van der Waals surface area contributed by atoms with Gasteiger partial charge in [-0.1, -0.05) is 0 Å². The van der Waals surface area contributed by atoms with Crippen LogP contribution >= 0.6 is 22.6 Å². The van der Waals surface area contributed by atoms with Gasteiger partial charge in [0.15, 0.2) is 6.10 Å². The standard InChI is InChI=1S/C27H26INO10/c1-12-17(35-25-21-20(37-26(32)38-21)22(34-5)27(2,3)39-25)8-6-13-11-16(24(31)36-19(12)13)29-23(30)14-7-9-18(33-4)15(28)10-14/h6-11,20-22,25H,1-5H3,(H,29,30)/t20?,21?,22?,25-/m1/s1. The van der Waals surface area contributed by atoms with Crippen LogP contribution in [0.5, 0.6) is 11.5 Å². The summed E-state index contributed by atoms with van der Waals surface area (Å²) in [6.07, 6.45) is -4.00. The number of carbonyl (C=O) groups is 2. The first-order valence-corrected chi connectivity index (χ1v) is 13.1. The normalized spacial score (nSPS) is 23.5. The molecule has 5 rings (SSSR count). The lowest BCUT2D eigenvalue weighted by atomic mass is 9.89. The van der Waals surface area contributed by atoms with E-state index in [1.54, 1.807) is 58.2 Å². The van der Waals surface area contributed by atoms with Crippen LogP contribution in [-0.4, -0.2) is 56.5 Å². The molecule has 3 aromatic rings. The zero-order valence-electron chi connectivity index (χ0n) is 21.7. The van der Waals surface area contributed by atoms with Crippen LogP contribution in [0.2, 0.25) is 0 Å². The van der Waals surface area contributed by atoms with E-state index in [9.17, 15) is 14.4 Å². The predicted octanol–water partition coefficient (Wildman–Crippen LogP) is 4.40. The highest BCUT2D eigenvalue weighted by molar-refractivity contribution is 14.1. The Morgan fingerprint density at radius 1 is 1.03 bits per heavy atom. The molecule has 2 aliphatic rings. The lowest BCUT2D eigenvalue weighted by molar-refractivity contribution is -0.282. The molecule has 3 heterocycles. The Labute approximate surface area is 236 Å². The van der Waals surface area contributed by atoms with Crippen molar-refractivity contribution in [2.45, 2.75) is 51.0 Å². The van der Waals surface area contributed by atoms with Crippen LogP contribution < -0.4 is 20.4 Å². The van der Waals surface area contributed by atoms with E-state index in [1.807, 2.05) is 0 Å². The molecule has 11 nitrogen and oxygen atoms in total. The number of halogens is 1. The Hall–Kier alpha value is -3.36. The molecule has 0 aliphatic carbocycles. The van der Waals surface area contributed by atoms with Crippen LogP contribution in [-0.2, 0) is 18.9 Å². The van der Waals surface area contributed by atoms with Crippen LogP contribution in [0.25, 0.3) is 11.0 Å². The predicted molar refractivity (Wildman–Crippen MR) is 146 cm³/mol. The summed E-state index contributed by atoms with van der Waals surface area (Å²) in [5.41, 5.74) is -0.441. The molecule has 0 bridgehead atoms. The topological polar surface area (TPSA) is 132 Å². The van der Waals surface area contributed by atoms with E-state index >= 15 is 0 Å². The molecule has 206 valence electrons. The lowest BCUT2D eigenvalue weighted by Gasteiger charge is -2.45. The average molecular weight is 651 g/mol. The first kappa shape index (κ1) is 27.2. The largest absolute Gasteiger partial charge is 0.509 e. The van der Waals surface area contributed by atoms with Gasteiger partial charge in [-0.05, 0) is 79.8 Å². The van der Waals surface area contributed by atoms with E-state index in [0.29, 0.717) is 28.0 Å². The number of methoxy groups -OCH3 is 2. The molecule has 1 aromatic heterocycles. The summed E-state index contributed by atoms with van der Waals surface area (Å²) in [5, 5.41) is 3.18. The maximum Gasteiger partial charge on any atom is 0.509 e. The molecule has 2 saturated heterocycles. The lowest BCUT2D eigenvalue weighted by Crippen LogP contribution is -2.62. The molecule has 0 saturated carbocycles. The molecule has 2 aromatic carbocycles. The summed E-state index contributed by atoms with van der Waals surface area (Å²) in [6, 6.07) is 9.85. The van der Waals surface area contributed by atoms with Gasteiger partial charge in [0, 0.05) is 23.6 Å². The van der Waals surface area contributed by atoms with E-state index in [2.05, 4.69) is 27.9 Å². The molecular weight excluding hydrogens is 625 g/mol. The van der Waals surface area contributed by atoms with Crippen molar-refractivity contribution >= 4 is 51.3 Å². The summed E-state index contributed by atoms with van der Waals surface area (Å²) in [5.74, 6) is 0.530. The van der Waals surface area contributed by atoms with Gasteiger partial charge in [0.05, 0.1) is 16.3 Å². The fourth-order valence-electron chi connectivity index (χ4n) is 4.81. The molecule has 2 aliphatic heterocycles. The molecule has 1 amide bonds. The molecule has 0 radical (unpaired) electrons. The number of hydrogen-bond donors (Lipinski definition) is 1. The Morgan fingerprint density at radius 2 is 1.74 bits per heavy atom. The van der Waals surface area contributed by atoms with Gasteiger partial charge in [0.1, 0.15) is 28.9 Å². The molecule has 12 heteroatoms. The number of aryl methyl sites for hydroxylation is 1. The minimum atomic E-state index is -1.00. The zero-order valence-corrected chi connectivity index (χ0v) is 23.9. The van der Waals surface area contributed by atoms with Gasteiger partial charge in [0.25, 0.3) is 5.91 Å². The number of ether oxygens (including phenoxy) is 6.